The molecule has 1 aromatic heterocycles. The van der Waals surface area contributed by atoms with Gasteiger partial charge in [-0.25, -0.2) is 10.8 Å². The average molecular weight is 420 g/mol. The van der Waals surface area contributed by atoms with E-state index in [1.807, 2.05) is 13.0 Å². The lowest BCUT2D eigenvalue weighted by molar-refractivity contribution is 0.0953. The molecular weight excluding hydrogens is 407 g/mol. The second-order valence-electron chi connectivity index (χ2n) is 4.58. The van der Waals surface area contributed by atoms with Crippen LogP contribution < -0.4 is 16.6 Å². The zero-order valence-corrected chi connectivity index (χ0v) is 14.3. The number of aromatic nitrogens is 1. The number of hydrogen-bond acceptors (Lipinski definition) is 4. The molecule has 1 heterocycles. The van der Waals surface area contributed by atoms with Crippen molar-refractivity contribution in [2.24, 2.45) is 5.84 Å². The highest BCUT2D eigenvalue weighted by Gasteiger charge is 2.05. The van der Waals surface area contributed by atoms with E-state index in [0.717, 1.165) is 11.1 Å². The summed E-state index contributed by atoms with van der Waals surface area (Å²) in [5.41, 5.74) is 4.92. The molecule has 23 heavy (non-hydrogen) atoms. The predicted octanol–water partition coefficient (Wildman–Crippen LogP) is 2.36. The van der Waals surface area contributed by atoms with E-state index in [1.165, 1.54) is 0 Å². The molecule has 0 aliphatic rings. The number of amides is 2. The van der Waals surface area contributed by atoms with Crippen LogP contribution in [0.2, 0.25) is 0 Å². The van der Waals surface area contributed by atoms with Gasteiger partial charge in [0.1, 0.15) is 5.82 Å². The number of anilines is 1. The van der Waals surface area contributed by atoms with E-state index in [0.29, 0.717) is 16.9 Å². The van der Waals surface area contributed by atoms with Crippen molar-refractivity contribution in [3.05, 3.63) is 58.8 Å². The molecule has 2 amide bonds. The SMILES string of the molecule is Cc1ccc(C(=O)NN)cc1C#Cc1ccc(NC(=O)I)nc1. The van der Waals surface area contributed by atoms with E-state index >= 15 is 0 Å². The molecule has 0 bridgehead atoms. The van der Waals surface area contributed by atoms with E-state index in [1.54, 1.807) is 53.1 Å². The topological polar surface area (TPSA) is 97.1 Å². The van der Waals surface area contributed by atoms with Crippen molar-refractivity contribution in [3.63, 3.8) is 0 Å². The van der Waals surface area contributed by atoms with Gasteiger partial charge in [0.2, 0.25) is 0 Å². The number of halogens is 1. The first-order chi connectivity index (χ1) is 11.0. The van der Waals surface area contributed by atoms with Crippen LogP contribution in [0, 0.1) is 18.8 Å². The summed E-state index contributed by atoms with van der Waals surface area (Å²) >= 11 is 1.63. The number of pyridine rings is 1. The number of nitrogens with zero attached hydrogens (tertiary/aromatic N) is 1. The monoisotopic (exact) mass is 420 g/mol. The molecule has 0 aliphatic carbocycles. The lowest BCUT2D eigenvalue weighted by atomic mass is 10.0. The minimum absolute atomic E-state index is 0.209. The third kappa shape index (κ3) is 4.77. The minimum atomic E-state index is -0.367. The highest BCUT2D eigenvalue weighted by molar-refractivity contribution is 14.1. The van der Waals surface area contributed by atoms with Crippen molar-refractivity contribution in [3.8, 4) is 11.8 Å². The van der Waals surface area contributed by atoms with Crippen molar-refractivity contribution in [1.29, 1.82) is 0 Å². The summed E-state index contributed by atoms with van der Waals surface area (Å²) in [4.78, 5) is 26.6. The van der Waals surface area contributed by atoms with Crippen molar-refractivity contribution in [1.82, 2.24) is 10.4 Å². The van der Waals surface area contributed by atoms with Crippen molar-refractivity contribution in [2.45, 2.75) is 6.92 Å². The normalized spacial score (nSPS) is 9.52. The quantitative estimate of drug-likeness (QED) is 0.132. The molecule has 0 spiro atoms. The molecule has 0 radical (unpaired) electrons. The fourth-order valence-electron chi connectivity index (χ4n) is 1.76. The summed E-state index contributed by atoms with van der Waals surface area (Å²) in [6.07, 6.45) is 1.57. The number of hydrogen-bond donors (Lipinski definition) is 3. The third-order valence-electron chi connectivity index (χ3n) is 2.96. The number of rotatable bonds is 2. The van der Waals surface area contributed by atoms with Gasteiger partial charge in [0.15, 0.2) is 0 Å². The molecule has 0 fully saturated rings. The van der Waals surface area contributed by atoms with Crippen LogP contribution in [0.25, 0.3) is 0 Å². The summed E-state index contributed by atoms with van der Waals surface area (Å²) < 4.78 is -0.209. The zero-order chi connectivity index (χ0) is 16.8. The molecule has 2 rings (SSSR count). The van der Waals surface area contributed by atoms with Gasteiger partial charge in [-0.05, 0) is 36.8 Å². The molecule has 7 heteroatoms. The molecule has 0 saturated heterocycles. The molecule has 0 aliphatic heterocycles. The van der Waals surface area contributed by atoms with Gasteiger partial charge in [-0.15, -0.1) is 0 Å². The number of nitrogens with two attached hydrogens (primary N) is 1. The molecule has 4 N–H and O–H groups in total. The molecule has 116 valence electrons. The Balaban J connectivity index is 2.24. The first-order valence-electron chi connectivity index (χ1n) is 6.56. The Labute approximate surface area is 147 Å². The second-order valence-corrected chi connectivity index (χ2v) is 5.56. The van der Waals surface area contributed by atoms with E-state index in [2.05, 4.69) is 27.6 Å². The van der Waals surface area contributed by atoms with Gasteiger partial charge in [0, 0.05) is 45.5 Å². The maximum absolute atomic E-state index is 11.5. The average Bonchev–Trinajstić information content (AvgIpc) is 2.54. The Morgan fingerprint density at radius 1 is 1.22 bits per heavy atom. The van der Waals surface area contributed by atoms with Crippen LogP contribution in [0.5, 0.6) is 0 Å². The van der Waals surface area contributed by atoms with Gasteiger partial charge < -0.3 is 5.32 Å². The number of carbonyl (C=O) groups excluding carboxylic acids is 2. The summed E-state index contributed by atoms with van der Waals surface area (Å²) in [5.74, 6) is 11.2. The van der Waals surface area contributed by atoms with E-state index < -0.39 is 0 Å². The van der Waals surface area contributed by atoms with Crippen LogP contribution in [0.15, 0.2) is 36.5 Å². The van der Waals surface area contributed by atoms with Gasteiger partial charge >= 0.3 is 0 Å². The van der Waals surface area contributed by atoms with Gasteiger partial charge in [-0.3, -0.25) is 15.0 Å². The Kier molecular flexibility index (Phi) is 5.67. The first-order valence-corrected chi connectivity index (χ1v) is 7.63. The number of aryl methyl sites for hydroxylation is 1. The first kappa shape index (κ1) is 16.9. The number of carbonyl (C=O) groups is 2. The molecule has 2 aromatic rings. The Bertz CT molecular complexity index is 807. The third-order valence-corrected chi connectivity index (χ3v) is 3.23. The largest absolute Gasteiger partial charge is 0.302 e. The number of nitrogens with one attached hydrogen (secondary N) is 2. The maximum atomic E-state index is 11.5. The van der Waals surface area contributed by atoms with Crippen molar-refractivity contribution >= 4 is 38.2 Å². The Hall–Kier alpha value is -2.44. The van der Waals surface area contributed by atoms with Crippen LogP contribution in [0.3, 0.4) is 0 Å². The van der Waals surface area contributed by atoms with Crippen LogP contribution in [0.4, 0.5) is 10.6 Å². The van der Waals surface area contributed by atoms with Gasteiger partial charge in [0.05, 0.1) is 0 Å². The van der Waals surface area contributed by atoms with Crippen molar-refractivity contribution in [2.75, 3.05) is 5.32 Å². The number of nitrogen functional groups attached to an aromatic ring is 1. The lowest BCUT2D eigenvalue weighted by Gasteiger charge is -2.03. The van der Waals surface area contributed by atoms with Gasteiger partial charge in [0.25, 0.3) is 9.82 Å². The lowest BCUT2D eigenvalue weighted by Crippen LogP contribution is -2.30. The standard InChI is InChI=1S/C16H13IN4O2/c1-10-2-5-13(15(22)21-18)8-12(10)6-3-11-4-7-14(19-9-11)20-16(17)23/h2,4-5,7-9H,18H2,1H3,(H,21,22)(H,19,20,23). The highest BCUT2D eigenvalue weighted by Crippen LogP contribution is 2.11. The van der Waals surface area contributed by atoms with E-state index in [9.17, 15) is 9.59 Å². The predicted molar refractivity (Wildman–Crippen MR) is 96.1 cm³/mol. The van der Waals surface area contributed by atoms with Gasteiger partial charge in [-0.2, -0.15) is 0 Å². The van der Waals surface area contributed by atoms with Crippen LogP contribution in [-0.4, -0.2) is 14.8 Å². The fraction of sp³-hybridized carbons (Fsp3) is 0.0625. The molecular formula is C16H13IN4O2. The summed E-state index contributed by atoms with van der Waals surface area (Å²) in [7, 11) is 0. The van der Waals surface area contributed by atoms with Crippen LogP contribution in [-0.2, 0) is 0 Å². The summed E-state index contributed by atoms with van der Waals surface area (Å²) in [6.45, 7) is 1.91. The summed E-state index contributed by atoms with van der Waals surface area (Å²) in [6, 6.07) is 8.61. The Morgan fingerprint density at radius 3 is 2.61 bits per heavy atom. The van der Waals surface area contributed by atoms with Crippen LogP contribution >= 0.6 is 22.6 Å². The van der Waals surface area contributed by atoms with Crippen LogP contribution in [0.1, 0.15) is 27.0 Å². The Morgan fingerprint density at radius 2 is 2.00 bits per heavy atom. The zero-order valence-electron chi connectivity index (χ0n) is 12.2. The van der Waals surface area contributed by atoms with Gasteiger partial charge in [-0.1, -0.05) is 17.9 Å². The highest BCUT2D eigenvalue weighted by atomic mass is 127. The van der Waals surface area contributed by atoms with Crippen molar-refractivity contribution < 1.29 is 9.59 Å². The van der Waals surface area contributed by atoms with E-state index in [-0.39, 0.29) is 9.82 Å². The fourth-order valence-corrected chi connectivity index (χ4v) is 2.04. The molecule has 0 atom stereocenters. The molecule has 0 unspecified atom stereocenters. The maximum Gasteiger partial charge on any atom is 0.286 e. The van der Waals surface area contributed by atoms with E-state index in [4.69, 9.17) is 5.84 Å². The molecule has 6 nitrogen and oxygen atoms in total. The second kappa shape index (κ2) is 7.71. The number of benzene rings is 1. The number of hydrazine groups is 1. The summed E-state index contributed by atoms with van der Waals surface area (Å²) in [5, 5.41) is 2.57. The smallest absolute Gasteiger partial charge is 0.286 e. The molecule has 1 aromatic carbocycles. The molecule has 0 saturated carbocycles. The minimum Gasteiger partial charge on any atom is -0.302 e.